The van der Waals surface area contributed by atoms with Gasteiger partial charge in [-0.25, -0.2) is 4.79 Å². The number of rotatable bonds is 2. The molecule has 0 aromatic carbocycles. The molecule has 2 atom stereocenters. The van der Waals surface area contributed by atoms with Gasteiger partial charge in [-0.1, -0.05) is 6.92 Å². The van der Waals surface area contributed by atoms with Crippen molar-refractivity contribution in [3.05, 3.63) is 10.5 Å². The molecular formula is C15H23N2O4S-. The third-order valence-corrected chi connectivity index (χ3v) is 5.49. The van der Waals surface area contributed by atoms with Gasteiger partial charge in [-0.3, -0.25) is 0 Å². The van der Waals surface area contributed by atoms with E-state index in [0.717, 1.165) is 10.5 Å². The van der Waals surface area contributed by atoms with Crippen molar-refractivity contribution in [2.24, 2.45) is 11.1 Å². The first-order valence-electron chi connectivity index (χ1n) is 7.46. The van der Waals surface area contributed by atoms with E-state index in [4.69, 9.17) is 10.5 Å². The Kier molecular flexibility index (Phi) is 4.50. The molecule has 2 N–H and O–H groups in total. The highest BCUT2D eigenvalue weighted by Gasteiger charge is 2.49. The molecule has 2 heterocycles. The molecule has 124 valence electrons. The number of hydrogen-bond acceptors (Lipinski definition) is 6. The maximum absolute atomic E-state index is 12.2. The van der Waals surface area contributed by atoms with Crippen molar-refractivity contribution in [2.75, 3.05) is 13.1 Å². The van der Waals surface area contributed by atoms with E-state index in [1.165, 1.54) is 11.8 Å². The van der Waals surface area contributed by atoms with Crippen LogP contribution in [0.4, 0.5) is 4.79 Å². The van der Waals surface area contributed by atoms with Crippen molar-refractivity contribution in [3.63, 3.8) is 0 Å². The van der Waals surface area contributed by atoms with Crippen LogP contribution in [-0.4, -0.2) is 41.0 Å². The molecule has 0 spiro atoms. The minimum Gasteiger partial charge on any atom is -0.549 e. The van der Waals surface area contributed by atoms with Crippen molar-refractivity contribution in [3.8, 4) is 0 Å². The Balaban J connectivity index is 2.21. The number of carbonyl (C=O) groups excluding carboxylic acids is 2. The van der Waals surface area contributed by atoms with Crippen LogP contribution < -0.4 is 10.8 Å². The molecule has 0 bridgehead atoms. The number of carbonyl (C=O) groups is 2. The van der Waals surface area contributed by atoms with Crippen LogP contribution in [0.2, 0.25) is 0 Å². The highest BCUT2D eigenvalue weighted by molar-refractivity contribution is 8.04. The number of hydrogen-bond donors (Lipinski definition) is 1. The minimum atomic E-state index is -1.12. The zero-order valence-electron chi connectivity index (χ0n) is 13.5. The topological polar surface area (TPSA) is 95.7 Å². The summed E-state index contributed by atoms with van der Waals surface area (Å²) < 4.78 is 5.37. The van der Waals surface area contributed by atoms with Gasteiger partial charge < -0.3 is 25.3 Å². The molecule has 2 unspecified atom stereocenters. The molecule has 0 aromatic heterocycles. The van der Waals surface area contributed by atoms with Crippen molar-refractivity contribution in [2.45, 2.75) is 51.5 Å². The number of carboxylic acid groups (broad SMARTS) is 1. The molecule has 2 aliphatic rings. The van der Waals surface area contributed by atoms with Crippen LogP contribution in [0.3, 0.4) is 0 Å². The largest absolute Gasteiger partial charge is 0.549 e. The molecule has 22 heavy (non-hydrogen) atoms. The summed E-state index contributed by atoms with van der Waals surface area (Å²) in [6, 6.07) is 0. The fourth-order valence-corrected chi connectivity index (χ4v) is 4.59. The lowest BCUT2D eigenvalue weighted by molar-refractivity contribution is -0.317. The molecule has 0 saturated carbocycles. The van der Waals surface area contributed by atoms with E-state index in [2.05, 4.69) is 0 Å². The van der Waals surface area contributed by atoms with Gasteiger partial charge in [-0.15, -0.1) is 11.8 Å². The molecule has 7 heteroatoms. The minimum absolute atomic E-state index is 0.359. The van der Waals surface area contributed by atoms with Crippen LogP contribution in [0.25, 0.3) is 0 Å². The van der Waals surface area contributed by atoms with E-state index in [1.807, 2.05) is 27.7 Å². The Bertz CT molecular complexity index is 526. The standard InChI is InChI=1S/C15H24N2O4S/c1-5-15(12(18)19)9-6-7-17(8-10(9)22-11(15)16)13(20)21-14(2,3)4/h11H,5-8,16H2,1-4H3,(H,18,19)/p-1. The maximum Gasteiger partial charge on any atom is 0.410 e. The van der Waals surface area contributed by atoms with E-state index in [0.29, 0.717) is 25.9 Å². The predicted octanol–water partition coefficient (Wildman–Crippen LogP) is 1.06. The lowest BCUT2D eigenvalue weighted by Gasteiger charge is -2.38. The molecule has 0 aliphatic carbocycles. The zero-order chi connectivity index (χ0) is 16.7. The molecular weight excluding hydrogens is 304 g/mol. The predicted molar refractivity (Wildman–Crippen MR) is 82.7 cm³/mol. The van der Waals surface area contributed by atoms with Crippen molar-refractivity contribution in [1.29, 1.82) is 0 Å². The van der Waals surface area contributed by atoms with Crippen LogP contribution in [0.15, 0.2) is 10.5 Å². The second-order valence-corrected chi connectivity index (χ2v) is 7.94. The average molecular weight is 327 g/mol. The fraction of sp³-hybridized carbons (Fsp3) is 0.733. The molecule has 0 saturated heterocycles. The van der Waals surface area contributed by atoms with E-state index in [1.54, 1.807) is 4.90 Å². The molecule has 2 rings (SSSR count). The first kappa shape index (κ1) is 17.1. The highest BCUT2D eigenvalue weighted by atomic mass is 32.2. The van der Waals surface area contributed by atoms with Crippen LogP contribution in [0, 0.1) is 5.41 Å². The van der Waals surface area contributed by atoms with Crippen LogP contribution in [-0.2, 0) is 9.53 Å². The SMILES string of the molecule is CCC1(C(=O)[O-])C2=C(CN(C(=O)OC(C)(C)C)CC2)SC1N. The van der Waals surface area contributed by atoms with E-state index >= 15 is 0 Å². The summed E-state index contributed by atoms with van der Waals surface area (Å²) in [4.78, 5) is 26.3. The molecule has 6 nitrogen and oxygen atoms in total. The van der Waals surface area contributed by atoms with Crippen molar-refractivity contribution in [1.82, 2.24) is 4.90 Å². The van der Waals surface area contributed by atoms with Gasteiger partial charge >= 0.3 is 6.09 Å². The monoisotopic (exact) mass is 327 g/mol. The van der Waals surface area contributed by atoms with E-state index in [-0.39, 0.29) is 6.09 Å². The second kappa shape index (κ2) is 5.77. The number of ether oxygens (including phenoxy) is 1. The summed E-state index contributed by atoms with van der Waals surface area (Å²) in [5.41, 5.74) is 5.24. The summed E-state index contributed by atoms with van der Waals surface area (Å²) in [5.74, 6) is -1.12. The van der Waals surface area contributed by atoms with Gasteiger partial charge in [-0.05, 0) is 39.2 Å². The van der Waals surface area contributed by atoms with Gasteiger partial charge in [-0.2, -0.15) is 0 Å². The summed E-state index contributed by atoms with van der Waals surface area (Å²) in [5, 5.41) is 11.1. The Hall–Kier alpha value is -1.21. The normalized spacial score (nSPS) is 28.6. The van der Waals surface area contributed by atoms with E-state index in [9.17, 15) is 14.7 Å². The molecule has 0 radical (unpaired) electrons. The van der Waals surface area contributed by atoms with Gasteiger partial charge in [0.25, 0.3) is 0 Å². The number of carboxylic acids is 1. The van der Waals surface area contributed by atoms with Crippen LogP contribution in [0.5, 0.6) is 0 Å². The Morgan fingerprint density at radius 1 is 1.50 bits per heavy atom. The highest BCUT2D eigenvalue weighted by Crippen LogP contribution is 2.53. The smallest absolute Gasteiger partial charge is 0.410 e. The molecule has 2 aliphatic heterocycles. The fourth-order valence-electron chi connectivity index (χ4n) is 3.02. The number of nitrogens with two attached hydrogens (primary N) is 1. The third kappa shape index (κ3) is 2.84. The Morgan fingerprint density at radius 2 is 2.14 bits per heavy atom. The number of nitrogens with zero attached hydrogens (tertiary/aromatic N) is 1. The maximum atomic E-state index is 12.2. The first-order valence-corrected chi connectivity index (χ1v) is 8.34. The second-order valence-electron chi connectivity index (χ2n) is 6.70. The van der Waals surface area contributed by atoms with Gasteiger partial charge in [0, 0.05) is 11.4 Å². The lowest BCUT2D eigenvalue weighted by Crippen LogP contribution is -2.52. The number of aliphatic carboxylic acids is 1. The molecule has 0 aromatic rings. The summed E-state index contributed by atoms with van der Waals surface area (Å²) in [6.07, 6.45) is 0.516. The number of thioether (sulfide) groups is 1. The first-order chi connectivity index (χ1) is 10.1. The summed E-state index contributed by atoms with van der Waals surface area (Å²) >= 11 is 1.34. The van der Waals surface area contributed by atoms with Gasteiger partial charge in [0.2, 0.25) is 0 Å². The van der Waals surface area contributed by atoms with Gasteiger partial charge in [0.1, 0.15) is 5.60 Å². The lowest BCUT2D eigenvalue weighted by atomic mass is 9.75. The average Bonchev–Trinajstić information content (AvgIpc) is 2.67. The molecule has 0 fully saturated rings. The van der Waals surface area contributed by atoms with Gasteiger partial charge in [0.05, 0.1) is 23.3 Å². The number of amides is 1. The van der Waals surface area contributed by atoms with Gasteiger partial charge in [0.15, 0.2) is 0 Å². The van der Waals surface area contributed by atoms with Crippen LogP contribution in [0.1, 0.15) is 40.5 Å². The van der Waals surface area contributed by atoms with Crippen molar-refractivity contribution < 1.29 is 19.4 Å². The third-order valence-electron chi connectivity index (χ3n) is 4.17. The van der Waals surface area contributed by atoms with E-state index < -0.39 is 22.4 Å². The summed E-state index contributed by atoms with van der Waals surface area (Å²) in [6.45, 7) is 8.06. The van der Waals surface area contributed by atoms with Crippen LogP contribution >= 0.6 is 11.8 Å². The summed E-state index contributed by atoms with van der Waals surface area (Å²) in [7, 11) is 0. The Morgan fingerprint density at radius 3 is 2.64 bits per heavy atom. The quantitative estimate of drug-likeness (QED) is 0.815. The van der Waals surface area contributed by atoms with Crippen molar-refractivity contribution >= 4 is 23.8 Å². The molecule has 1 amide bonds. The Labute approximate surface area is 135 Å². The zero-order valence-corrected chi connectivity index (χ0v) is 14.3.